The van der Waals surface area contributed by atoms with Crippen LogP contribution in [0.1, 0.15) is 29.9 Å². The van der Waals surface area contributed by atoms with Gasteiger partial charge in [-0.05, 0) is 50.6 Å². The maximum atomic E-state index is 12.7. The number of likely N-dealkylation sites (tertiary alicyclic amines) is 1. The lowest BCUT2D eigenvalue weighted by molar-refractivity contribution is 0.0753. The number of rotatable bonds is 5. The van der Waals surface area contributed by atoms with Crippen molar-refractivity contribution in [2.45, 2.75) is 39.0 Å². The van der Waals surface area contributed by atoms with E-state index in [1.54, 1.807) is 7.11 Å². The number of nitrogens with two attached hydrogens (primary N) is 1. The van der Waals surface area contributed by atoms with Gasteiger partial charge in [0.25, 0.3) is 5.91 Å². The largest absolute Gasteiger partial charge is 0.383 e. The van der Waals surface area contributed by atoms with E-state index in [-0.39, 0.29) is 18.1 Å². The molecule has 0 saturated carbocycles. The molecule has 6 heteroatoms. The molecule has 1 fully saturated rings. The highest BCUT2D eigenvalue weighted by atomic mass is 16.5. The van der Waals surface area contributed by atoms with Crippen LogP contribution in [0.4, 0.5) is 5.82 Å². The fourth-order valence-electron chi connectivity index (χ4n) is 3.48. The van der Waals surface area contributed by atoms with Crippen LogP contribution < -0.4 is 11.1 Å². The molecule has 2 aromatic rings. The van der Waals surface area contributed by atoms with Gasteiger partial charge in [-0.3, -0.25) is 9.69 Å². The fourth-order valence-corrected chi connectivity index (χ4v) is 3.48. The molecule has 1 aliphatic heterocycles. The fraction of sp³-hybridized carbons (Fsp3) is 0.429. The lowest BCUT2D eigenvalue weighted by atomic mass is 10.0. The summed E-state index contributed by atoms with van der Waals surface area (Å²) < 4.78 is 5.56. The smallest absolute Gasteiger partial charge is 0.251 e. The van der Waals surface area contributed by atoms with Gasteiger partial charge in [0.2, 0.25) is 0 Å². The SMILES string of the molecule is CO[C@H]1CN(C(C)C)C[C@@H]1NC(=O)c1ccc(-c2ccc(C)nc2N)cc1. The molecule has 0 unspecified atom stereocenters. The number of pyridine rings is 1. The normalized spacial score (nSPS) is 20.2. The first-order valence-corrected chi connectivity index (χ1v) is 9.30. The van der Waals surface area contributed by atoms with Gasteiger partial charge in [-0.15, -0.1) is 0 Å². The topological polar surface area (TPSA) is 80.5 Å². The molecule has 0 spiro atoms. The van der Waals surface area contributed by atoms with Crippen molar-refractivity contribution >= 4 is 11.7 Å². The van der Waals surface area contributed by atoms with Crippen LogP contribution in [0.2, 0.25) is 0 Å². The van der Waals surface area contributed by atoms with Crippen molar-refractivity contribution in [2.24, 2.45) is 0 Å². The molecule has 144 valence electrons. The maximum Gasteiger partial charge on any atom is 0.251 e. The second-order valence-electron chi connectivity index (χ2n) is 7.36. The van der Waals surface area contributed by atoms with E-state index in [1.807, 2.05) is 43.3 Å². The van der Waals surface area contributed by atoms with Gasteiger partial charge in [-0.1, -0.05) is 12.1 Å². The second kappa shape index (κ2) is 8.06. The van der Waals surface area contributed by atoms with Crippen molar-refractivity contribution in [3.63, 3.8) is 0 Å². The zero-order chi connectivity index (χ0) is 19.6. The molecule has 0 bridgehead atoms. The Hall–Kier alpha value is -2.44. The minimum atomic E-state index is -0.0887. The van der Waals surface area contributed by atoms with Gasteiger partial charge in [0.05, 0.1) is 12.1 Å². The van der Waals surface area contributed by atoms with Gasteiger partial charge < -0.3 is 15.8 Å². The minimum absolute atomic E-state index is 0.00838. The third-order valence-corrected chi connectivity index (χ3v) is 5.17. The van der Waals surface area contributed by atoms with Crippen LogP contribution in [-0.4, -0.2) is 54.2 Å². The van der Waals surface area contributed by atoms with Crippen molar-refractivity contribution in [3.05, 3.63) is 47.7 Å². The van der Waals surface area contributed by atoms with Crippen molar-refractivity contribution in [3.8, 4) is 11.1 Å². The number of nitrogens with zero attached hydrogens (tertiary/aromatic N) is 2. The quantitative estimate of drug-likeness (QED) is 0.847. The van der Waals surface area contributed by atoms with E-state index < -0.39 is 0 Å². The highest BCUT2D eigenvalue weighted by Gasteiger charge is 2.35. The average Bonchev–Trinajstić information content (AvgIpc) is 3.05. The number of hydrogen-bond acceptors (Lipinski definition) is 5. The van der Waals surface area contributed by atoms with Crippen molar-refractivity contribution in [1.29, 1.82) is 0 Å². The Morgan fingerprint density at radius 2 is 1.93 bits per heavy atom. The summed E-state index contributed by atoms with van der Waals surface area (Å²) in [6, 6.07) is 11.7. The van der Waals surface area contributed by atoms with E-state index in [0.717, 1.165) is 29.9 Å². The van der Waals surface area contributed by atoms with Crippen LogP contribution in [0.25, 0.3) is 11.1 Å². The molecule has 2 atom stereocenters. The van der Waals surface area contributed by atoms with Gasteiger partial charge in [0, 0.05) is 43.1 Å². The number of methoxy groups -OCH3 is 1. The van der Waals surface area contributed by atoms with Crippen LogP contribution in [0, 0.1) is 6.92 Å². The molecule has 2 heterocycles. The number of nitrogens with one attached hydrogen (secondary N) is 1. The lowest BCUT2D eigenvalue weighted by Crippen LogP contribution is -2.43. The van der Waals surface area contributed by atoms with Crippen LogP contribution in [-0.2, 0) is 4.74 Å². The monoisotopic (exact) mass is 368 g/mol. The van der Waals surface area contributed by atoms with E-state index in [4.69, 9.17) is 10.5 Å². The van der Waals surface area contributed by atoms with Gasteiger partial charge in [0.1, 0.15) is 5.82 Å². The Labute approximate surface area is 160 Å². The van der Waals surface area contributed by atoms with Crippen molar-refractivity contribution in [2.75, 3.05) is 25.9 Å². The van der Waals surface area contributed by atoms with Crippen LogP contribution >= 0.6 is 0 Å². The summed E-state index contributed by atoms with van der Waals surface area (Å²) in [5, 5.41) is 3.12. The molecule has 1 aromatic heterocycles. The number of nitrogen functional groups attached to an aromatic ring is 1. The molecule has 1 aliphatic rings. The number of ether oxygens (including phenoxy) is 1. The first-order chi connectivity index (χ1) is 12.9. The first kappa shape index (κ1) is 19.3. The summed E-state index contributed by atoms with van der Waals surface area (Å²) >= 11 is 0. The van der Waals surface area contributed by atoms with Crippen LogP contribution in [0.3, 0.4) is 0 Å². The molecule has 27 heavy (non-hydrogen) atoms. The van der Waals surface area contributed by atoms with Gasteiger partial charge in [0.15, 0.2) is 0 Å². The number of aromatic nitrogens is 1. The average molecular weight is 368 g/mol. The highest BCUT2D eigenvalue weighted by molar-refractivity contribution is 5.95. The number of amides is 1. The summed E-state index contributed by atoms with van der Waals surface area (Å²) in [7, 11) is 1.70. The lowest BCUT2D eigenvalue weighted by Gasteiger charge is -2.20. The molecule has 1 saturated heterocycles. The molecular weight excluding hydrogens is 340 g/mol. The molecule has 1 aromatic carbocycles. The van der Waals surface area contributed by atoms with Crippen LogP contribution in [0.15, 0.2) is 36.4 Å². The van der Waals surface area contributed by atoms with E-state index >= 15 is 0 Å². The number of hydrogen-bond donors (Lipinski definition) is 2. The molecule has 3 rings (SSSR count). The summed E-state index contributed by atoms with van der Waals surface area (Å²) in [4.78, 5) is 19.3. The molecule has 0 aliphatic carbocycles. The summed E-state index contributed by atoms with van der Waals surface area (Å²) in [6.45, 7) is 7.84. The third-order valence-electron chi connectivity index (χ3n) is 5.17. The number of carbonyl (C=O) groups excluding carboxylic acids is 1. The standard InChI is InChI=1S/C21H28N4O2/c1-13(2)25-11-18(19(12-25)27-4)24-21(26)16-8-6-15(7-9-16)17-10-5-14(3)23-20(17)22/h5-10,13,18-19H,11-12H2,1-4H3,(H2,22,23)(H,24,26)/t18-,19-/m0/s1. The van der Waals surface area contributed by atoms with Crippen molar-refractivity contribution < 1.29 is 9.53 Å². The molecule has 3 N–H and O–H groups in total. The number of benzene rings is 1. The molecular formula is C21H28N4O2. The Morgan fingerprint density at radius 1 is 1.22 bits per heavy atom. The van der Waals surface area contributed by atoms with Gasteiger partial charge in [-0.2, -0.15) is 0 Å². The highest BCUT2D eigenvalue weighted by Crippen LogP contribution is 2.25. The zero-order valence-corrected chi connectivity index (χ0v) is 16.4. The Balaban J connectivity index is 1.70. The first-order valence-electron chi connectivity index (χ1n) is 9.30. The Bertz CT molecular complexity index is 804. The van der Waals surface area contributed by atoms with Crippen LogP contribution in [0.5, 0.6) is 0 Å². The second-order valence-corrected chi connectivity index (χ2v) is 7.36. The zero-order valence-electron chi connectivity index (χ0n) is 16.4. The van der Waals surface area contributed by atoms with E-state index in [9.17, 15) is 4.79 Å². The molecule has 1 amide bonds. The summed E-state index contributed by atoms with van der Waals surface area (Å²) in [6.07, 6.45) is 0.00838. The van der Waals surface area contributed by atoms with E-state index in [0.29, 0.717) is 17.4 Å². The minimum Gasteiger partial charge on any atom is -0.383 e. The number of aryl methyl sites for hydroxylation is 1. The summed E-state index contributed by atoms with van der Waals surface area (Å²) in [5.74, 6) is 0.407. The molecule has 6 nitrogen and oxygen atoms in total. The Morgan fingerprint density at radius 3 is 2.52 bits per heavy atom. The predicted molar refractivity (Wildman–Crippen MR) is 108 cm³/mol. The Kier molecular flexibility index (Phi) is 5.77. The molecule has 0 radical (unpaired) electrons. The number of carbonyl (C=O) groups is 1. The van der Waals surface area contributed by atoms with Crippen molar-refractivity contribution in [1.82, 2.24) is 15.2 Å². The van der Waals surface area contributed by atoms with Gasteiger partial charge in [-0.25, -0.2) is 4.98 Å². The number of anilines is 1. The maximum absolute atomic E-state index is 12.7. The predicted octanol–water partition coefficient (Wildman–Crippen LogP) is 2.48. The van der Waals surface area contributed by atoms with E-state index in [1.165, 1.54) is 0 Å². The summed E-state index contributed by atoms with van der Waals surface area (Å²) in [5.41, 5.74) is 9.33. The third kappa shape index (κ3) is 4.28. The van der Waals surface area contributed by atoms with Gasteiger partial charge >= 0.3 is 0 Å². The van der Waals surface area contributed by atoms with E-state index in [2.05, 4.69) is 29.0 Å².